The molecule has 0 radical (unpaired) electrons. The third-order valence-corrected chi connectivity index (χ3v) is 3.94. The molecule has 1 saturated carbocycles. The minimum atomic E-state index is -0.843. The first-order valence-corrected chi connectivity index (χ1v) is 6.59. The number of benzene rings is 1. The molecule has 1 heterocycles. The number of hydrogen-bond acceptors (Lipinski definition) is 2. The summed E-state index contributed by atoms with van der Waals surface area (Å²) in [6.45, 7) is 2.54. The molecule has 1 saturated heterocycles. The molecule has 102 valence electrons. The van der Waals surface area contributed by atoms with Crippen molar-refractivity contribution in [2.24, 2.45) is 11.8 Å². The average Bonchev–Trinajstić information content (AvgIpc) is 3.10. The molecule has 2 aliphatic rings. The minimum absolute atomic E-state index is 0.0411. The monoisotopic (exact) mass is 266 g/mol. The van der Waals surface area contributed by atoms with E-state index in [1.807, 2.05) is 0 Å². The Bertz CT molecular complexity index is 502. The van der Waals surface area contributed by atoms with Crippen molar-refractivity contribution in [1.82, 2.24) is 10.6 Å². The van der Waals surface area contributed by atoms with E-state index in [4.69, 9.17) is 0 Å². The summed E-state index contributed by atoms with van der Waals surface area (Å²) in [5.74, 6) is -1.57. The van der Waals surface area contributed by atoms with Crippen LogP contribution >= 0.6 is 0 Å². The van der Waals surface area contributed by atoms with Crippen LogP contribution in [0, 0.1) is 23.5 Å². The van der Waals surface area contributed by atoms with Crippen LogP contribution in [-0.4, -0.2) is 25.5 Å². The lowest BCUT2D eigenvalue weighted by Crippen LogP contribution is -2.48. The van der Waals surface area contributed by atoms with Crippen LogP contribution in [0.2, 0.25) is 0 Å². The molecular weight excluding hydrogens is 250 g/mol. The molecule has 2 unspecified atom stereocenters. The molecule has 2 atom stereocenters. The predicted molar refractivity (Wildman–Crippen MR) is 66.6 cm³/mol. The van der Waals surface area contributed by atoms with Crippen molar-refractivity contribution in [3.63, 3.8) is 0 Å². The van der Waals surface area contributed by atoms with Crippen LogP contribution in [-0.2, 0) is 4.79 Å². The van der Waals surface area contributed by atoms with Crippen LogP contribution < -0.4 is 10.6 Å². The number of carbonyl (C=O) groups excluding carboxylic acids is 1. The number of nitrogens with one attached hydrogen (secondary N) is 2. The number of halogens is 2. The van der Waals surface area contributed by atoms with Gasteiger partial charge in [-0.15, -0.1) is 0 Å². The fraction of sp³-hybridized carbons (Fsp3) is 0.500. The van der Waals surface area contributed by atoms with Gasteiger partial charge in [0, 0.05) is 31.5 Å². The van der Waals surface area contributed by atoms with E-state index in [0.29, 0.717) is 24.4 Å². The molecule has 5 heteroatoms. The molecule has 1 aliphatic carbocycles. The Hall–Kier alpha value is -1.49. The second-order valence-electron chi connectivity index (χ2n) is 5.36. The molecule has 2 N–H and O–H groups in total. The summed E-state index contributed by atoms with van der Waals surface area (Å²) in [6, 6.07) is 4.15. The lowest BCUT2D eigenvalue weighted by Gasteiger charge is -2.27. The van der Waals surface area contributed by atoms with Crippen molar-refractivity contribution in [3.8, 4) is 0 Å². The van der Waals surface area contributed by atoms with Crippen molar-refractivity contribution < 1.29 is 13.6 Å². The van der Waals surface area contributed by atoms with Crippen LogP contribution in [0.1, 0.15) is 17.9 Å². The molecule has 3 nitrogen and oxygen atoms in total. The van der Waals surface area contributed by atoms with Gasteiger partial charge in [-0.1, -0.05) is 12.1 Å². The molecule has 1 aromatic carbocycles. The van der Waals surface area contributed by atoms with Gasteiger partial charge in [0.15, 0.2) is 11.6 Å². The maximum Gasteiger partial charge on any atom is 0.223 e. The van der Waals surface area contributed by atoms with Crippen LogP contribution in [0.25, 0.3) is 0 Å². The Morgan fingerprint density at radius 1 is 1.37 bits per heavy atom. The highest BCUT2D eigenvalue weighted by molar-refractivity contribution is 5.82. The standard InChI is InChI=1S/C14H16F2N2O/c15-12-3-1-2-9(13(12)16)10-4-11(10)14(19)18-7-8-5-17-6-8/h1-3,8,10-11,17H,4-7H2,(H,18,19). The maximum absolute atomic E-state index is 13.6. The van der Waals surface area contributed by atoms with Crippen LogP contribution in [0.5, 0.6) is 0 Å². The van der Waals surface area contributed by atoms with E-state index in [-0.39, 0.29) is 17.7 Å². The lowest BCUT2D eigenvalue weighted by atomic mass is 10.0. The quantitative estimate of drug-likeness (QED) is 0.865. The van der Waals surface area contributed by atoms with Gasteiger partial charge in [0.2, 0.25) is 5.91 Å². The summed E-state index contributed by atoms with van der Waals surface area (Å²) >= 11 is 0. The first-order chi connectivity index (χ1) is 9.16. The third kappa shape index (κ3) is 2.47. The SMILES string of the molecule is O=C(NCC1CNC1)C1CC1c1cccc(F)c1F. The van der Waals surface area contributed by atoms with Crippen molar-refractivity contribution >= 4 is 5.91 Å². The fourth-order valence-corrected chi connectivity index (χ4v) is 2.50. The molecule has 1 aromatic rings. The summed E-state index contributed by atoms with van der Waals surface area (Å²) in [5.41, 5.74) is 0.325. The molecule has 1 aliphatic heterocycles. The van der Waals surface area contributed by atoms with E-state index in [1.165, 1.54) is 6.07 Å². The van der Waals surface area contributed by atoms with Gasteiger partial charge in [0.05, 0.1) is 0 Å². The molecule has 3 rings (SSSR count). The van der Waals surface area contributed by atoms with Crippen molar-refractivity contribution in [2.75, 3.05) is 19.6 Å². The predicted octanol–water partition coefficient (Wildman–Crippen LogP) is 1.40. The summed E-state index contributed by atoms with van der Waals surface area (Å²) in [5, 5.41) is 6.02. The summed E-state index contributed by atoms with van der Waals surface area (Å²) in [7, 11) is 0. The van der Waals surface area contributed by atoms with E-state index in [0.717, 1.165) is 19.2 Å². The van der Waals surface area contributed by atoms with Gasteiger partial charge in [-0.2, -0.15) is 0 Å². The molecule has 1 amide bonds. The number of hydrogen-bond donors (Lipinski definition) is 2. The smallest absolute Gasteiger partial charge is 0.223 e. The van der Waals surface area contributed by atoms with Gasteiger partial charge in [-0.3, -0.25) is 4.79 Å². The summed E-state index contributed by atoms with van der Waals surface area (Å²) in [4.78, 5) is 11.9. The molecule has 2 fully saturated rings. The van der Waals surface area contributed by atoms with E-state index >= 15 is 0 Å². The highest BCUT2D eigenvalue weighted by atomic mass is 19.2. The van der Waals surface area contributed by atoms with Crippen molar-refractivity contribution in [2.45, 2.75) is 12.3 Å². The fourth-order valence-electron chi connectivity index (χ4n) is 2.50. The molecule has 0 bridgehead atoms. The number of amides is 1. The minimum Gasteiger partial charge on any atom is -0.355 e. The Morgan fingerprint density at radius 3 is 2.84 bits per heavy atom. The zero-order valence-corrected chi connectivity index (χ0v) is 10.5. The van der Waals surface area contributed by atoms with Crippen molar-refractivity contribution in [3.05, 3.63) is 35.4 Å². The van der Waals surface area contributed by atoms with E-state index < -0.39 is 11.6 Å². The van der Waals surface area contributed by atoms with Gasteiger partial charge >= 0.3 is 0 Å². The maximum atomic E-state index is 13.6. The van der Waals surface area contributed by atoms with Gasteiger partial charge in [0.25, 0.3) is 0 Å². The Balaban J connectivity index is 1.57. The van der Waals surface area contributed by atoms with Gasteiger partial charge in [-0.25, -0.2) is 8.78 Å². The van der Waals surface area contributed by atoms with Crippen LogP contribution in [0.4, 0.5) is 8.78 Å². The number of carbonyl (C=O) groups is 1. The van der Waals surface area contributed by atoms with E-state index in [2.05, 4.69) is 10.6 Å². The second-order valence-corrected chi connectivity index (χ2v) is 5.36. The van der Waals surface area contributed by atoms with Gasteiger partial charge < -0.3 is 10.6 Å². The number of rotatable bonds is 4. The summed E-state index contributed by atoms with van der Waals surface area (Å²) in [6.07, 6.45) is 0.606. The Kier molecular flexibility index (Phi) is 3.22. The zero-order valence-electron chi connectivity index (χ0n) is 10.5. The Labute approximate surface area is 110 Å². The highest BCUT2D eigenvalue weighted by Crippen LogP contribution is 2.48. The first kappa shape index (κ1) is 12.5. The average molecular weight is 266 g/mol. The second kappa shape index (κ2) is 4.89. The van der Waals surface area contributed by atoms with Gasteiger partial charge in [0.1, 0.15) is 0 Å². The largest absolute Gasteiger partial charge is 0.355 e. The molecular formula is C14H16F2N2O. The molecule has 0 aromatic heterocycles. The van der Waals surface area contributed by atoms with Gasteiger partial charge in [-0.05, 0) is 24.0 Å². The van der Waals surface area contributed by atoms with Crippen LogP contribution in [0.3, 0.4) is 0 Å². The molecule has 0 spiro atoms. The summed E-state index contributed by atoms with van der Waals surface area (Å²) < 4.78 is 26.7. The highest BCUT2D eigenvalue weighted by Gasteiger charge is 2.45. The third-order valence-electron chi connectivity index (χ3n) is 3.94. The lowest BCUT2D eigenvalue weighted by molar-refractivity contribution is -0.122. The normalized spacial score (nSPS) is 25.8. The molecule has 19 heavy (non-hydrogen) atoms. The van der Waals surface area contributed by atoms with E-state index in [9.17, 15) is 13.6 Å². The topological polar surface area (TPSA) is 41.1 Å². The van der Waals surface area contributed by atoms with Crippen molar-refractivity contribution in [1.29, 1.82) is 0 Å². The first-order valence-electron chi connectivity index (χ1n) is 6.59. The van der Waals surface area contributed by atoms with Crippen LogP contribution in [0.15, 0.2) is 18.2 Å². The zero-order chi connectivity index (χ0) is 13.4. The van der Waals surface area contributed by atoms with E-state index in [1.54, 1.807) is 6.07 Å². The Morgan fingerprint density at radius 2 is 2.16 bits per heavy atom.